The second-order valence-electron chi connectivity index (χ2n) is 5.40. The molecule has 0 spiro atoms. The summed E-state index contributed by atoms with van der Waals surface area (Å²) < 4.78 is 10.5. The number of nitrogens with one attached hydrogen (secondary N) is 1. The molecule has 1 heterocycles. The van der Waals surface area contributed by atoms with E-state index in [1.54, 1.807) is 7.11 Å². The Balaban J connectivity index is 2.06. The van der Waals surface area contributed by atoms with Crippen LogP contribution in [0.1, 0.15) is 18.4 Å². The Hall–Kier alpha value is -0.810. The van der Waals surface area contributed by atoms with Gasteiger partial charge in [-0.25, -0.2) is 0 Å². The van der Waals surface area contributed by atoms with E-state index in [9.17, 15) is 0 Å². The second-order valence-corrected chi connectivity index (χ2v) is 5.83. The number of anilines is 1. The molecule has 21 heavy (non-hydrogen) atoms. The molecule has 1 aromatic carbocycles. The van der Waals surface area contributed by atoms with E-state index in [2.05, 4.69) is 29.4 Å². The highest BCUT2D eigenvalue weighted by Gasteiger charge is 2.20. The van der Waals surface area contributed by atoms with Crippen molar-refractivity contribution >= 4 is 17.3 Å². The van der Waals surface area contributed by atoms with Gasteiger partial charge in [-0.15, -0.1) is 0 Å². The number of rotatable bonds is 7. The van der Waals surface area contributed by atoms with Crippen molar-refractivity contribution in [2.45, 2.75) is 25.4 Å². The number of methoxy groups -OCH3 is 1. The SMILES string of the molecule is COCCNCc1ccc(Cl)cc1N(C)C1CCOCC1. The van der Waals surface area contributed by atoms with Crippen LogP contribution in [0, 0.1) is 0 Å². The van der Waals surface area contributed by atoms with Gasteiger partial charge in [-0.05, 0) is 30.5 Å². The molecule has 0 aliphatic carbocycles. The topological polar surface area (TPSA) is 33.7 Å². The largest absolute Gasteiger partial charge is 0.383 e. The van der Waals surface area contributed by atoms with Crippen LogP contribution in [0.5, 0.6) is 0 Å². The summed E-state index contributed by atoms with van der Waals surface area (Å²) in [5.41, 5.74) is 2.48. The van der Waals surface area contributed by atoms with E-state index < -0.39 is 0 Å². The van der Waals surface area contributed by atoms with Crippen molar-refractivity contribution in [3.05, 3.63) is 28.8 Å². The maximum absolute atomic E-state index is 6.19. The minimum absolute atomic E-state index is 0.523. The third-order valence-corrected chi connectivity index (χ3v) is 4.20. The summed E-state index contributed by atoms with van der Waals surface area (Å²) in [6, 6.07) is 6.64. The first-order chi connectivity index (χ1) is 10.2. The summed E-state index contributed by atoms with van der Waals surface area (Å²) in [5, 5.41) is 4.18. The van der Waals surface area contributed by atoms with Crippen LogP contribution in [0.25, 0.3) is 0 Å². The Labute approximate surface area is 132 Å². The molecule has 118 valence electrons. The van der Waals surface area contributed by atoms with Crippen LogP contribution in [0.3, 0.4) is 0 Å². The number of benzene rings is 1. The number of halogens is 1. The summed E-state index contributed by atoms with van der Waals surface area (Å²) in [4.78, 5) is 2.35. The molecule has 0 saturated carbocycles. The normalized spacial score (nSPS) is 16.1. The van der Waals surface area contributed by atoms with Gasteiger partial charge in [0.2, 0.25) is 0 Å². The highest BCUT2D eigenvalue weighted by atomic mass is 35.5. The van der Waals surface area contributed by atoms with E-state index in [-0.39, 0.29) is 0 Å². The van der Waals surface area contributed by atoms with Gasteiger partial charge in [0.1, 0.15) is 0 Å². The molecule has 1 aliphatic rings. The van der Waals surface area contributed by atoms with Gasteiger partial charge in [-0.1, -0.05) is 17.7 Å². The first kappa shape index (κ1) is 16.6. The first-order valence-corrected chi connectivity index (χ1v) is 7.89. The van der Waals surface area contributed by atoms with Gasteiger partial charge < -0.3 is 19.7 Å². The predicted molar refractivity (Wildman–Crippen MR) is 87.3 cm³/mol. The van der Waals surface area contributed by atoms with Crippen LogP contribution < -0.4 is 10.2 Å². The second kappa shape index (κ2) is 8.59. The zero-order valence-corrected chi connectivity index (χ0v) is 13.7. The summed E-state index contributed by atoms with van der Waals surface area (Å²) >= 11 is 6.19. The Morgan fingerprint density at radius 2 is 2.14 bits per heavy atom. The lowest BCUT2D eigenvalue weighted by atomic mass is 10.0. The van der Waals surface area contributed by atoms with E-state index in [4.69, 9.17) is 21.1 Å². The van der Waals surface area contributed by atoms with Crippen LogP contribution in [0.4, 0.5) is 5.69 Å². The Morgan fingerprint density at radius 3 is 2.86 bits per heavy atom. The average molecular weight is 313 g/mol. The fraction of sp³-hybridized carbons (Fsp3) is 0.625. The number of hydrogen-bond donors (Lipinski definition) is 1. The third kappa shape index (κ3) is 4.85. The van der Waals surface area contributed by atoms with E-state index >= 15 is 0 Å². The van der Waals surface area contributed by atoms with Gasteiger partial charge in [0.15, 0.2) is 0 Å². The summed E-state index contributed by atoms with van der Waals surface area (Å²) in [6.07, 6.45) is 2.14. The lowest BCUT2D eigenvalue weighted by Gasteiger charge is -2.34. The molecule has 2 rings (SSSR count). The molecule has 1 saturated heterocycles. The van der Waals surface area contributed by atoms with Crippen molar-refractivity contribution < 1.29 is 9.47 Å². The monoisotopic (exact) mass is 312 g/mol. The van der Waals surface area contributed by atoms with E-state index in [1.807, 2.05) is 6.07 Å². The first-order valence-electron chi connectivity index (χ1n) is 7.51. The highest BCUT2D eigenvalue weighted by molar-refractivity contribution is 6.30. The van der Waals surface area contributed by atoms with Crippen LogP contribution in [-0.2, 0) is 16.0 Å². The average Bonchev–Trinajstić information content (AvgIpc) is 2.53. The molecule has 0 unspecified atom stereocenters. The third-order valence-electron chi connectivity index (χ3n) is 3.96. The fourth-order valence-electron chi connectivity index (χ4n) is 2.68. The maximum atomic E-state index is 6.19. The quantitative estimate of drug-likeness (QED) is 0.785. The van der Waals surface area contributed by atoms with Crippen molar-refractivity contribution in [3.8, 4) is 0 Å². The zero-order valence-electron chi connectivity index (χ0n) is 12.9. The smallest absolute Gasteiger partial charge is 0.0587 e. The minimum atomic E-state index is 0.523. The van der Waals surface area contributed by atoms with Gasteiger partial charge in [-0.3, -0.25) is 0 Å². The fourth-order valence-corrected chi connectivity index (χ4v) is 2.85. The molecule has 0 radical (unpaired) electrons. The van der Waals surface area contributed by atoms with Gasteiger partial charge in [0.05, 0.1) is 6.61 Å². The van der Waals surface area contributed by atoms with Crippen LogP contribution in [0.2, 0.25) is 5.02 Å². The zero-order chi connectivity index (χ0) is 15.1. The molecule has 5 heteroatoms. The van der Waals surface area contributed by atoms with Crippen molar-refractivity contribution in [3.63, 3.8) is 0 Å². The molecule has 0 atom stereocenters. The summed E-state index contributed by atoms with van der Waals surface area (Å²) in [7, 11) is 3.87. The Kier molecular flexibility index (Phi) is 6.77. The molecule has 1 fully saturated rings. The van der Waals surface area contributed by atoms with Crippen LogP contribution >= 0.6 is 11.6 Å². The minimum Gasteiger partial charge on any atom is -0.383 e. The molecule has 0 bridgehead atoms. The van der Waals surface area contributed by atoms with Gasteiger partial charge in [-0.2, -0.15) is 0 Å². The Bertz CT molecular complexity index is 436. The lowest BCUT2D eigenvalue weighted by Crippen LogP contribution is -2.37. The number of ether oxygens (including phenoxy) is 2. The van der Waals surface area contributed by atoms with Crippen molar-refractivity contribution in [1.29, 1.82) is 0 Å². The van der Waals surface area contributed by atoms with E-state index in [0.29, 0.717) is 6.04 Å². The van der Waals surface area contributed by atoms with Gasteiger partial charge in [0.25, 0.3) is 0 Å². The Morgan fingerprint density at radius 1 is 1.38 bits per heavy atom. The number of hydrogen-bond acceptors (Lipinski definition) is 4. The lowest BCUT2D eigenvalue weighted by molar-refractivity contribution is 0.0854. The molecule has 4 nitrogen and oxygen atoms in total. The standard InChI is InChI=1S/C16H25ClN2O2/c1-19(15-5-8-21-9-6-15)16-11-14(17)4-3-13(16)12-18-7-10-20-2/h3-4,11,15,18H,5-10,12H2,1-2H3. The molecule has 1 N–H and O–H groups in total. The summed E-state index contributed by atoms with van der Waals surface area (Å²) in [6.45, 7) is 4.08. The van der Waals surface area contributed by atoms with Gasteiger partial charge in [0, 0.05) is 57.2 Å². The van der Waals surface area contributed by atoms with Gasteiger partial charge >= 0.3 is 0 Å². The van der Waals surface area contributed by atoms with Crippen LogP contribution in [0.15, 0.2) is 18.2 Å². The van der Waals surface area contributed by atoms with E-state index in [1.165, 1.54) is 11.3 Å². The molecule has 0 aromatic heterocycles. The predicted octanol–water partition coefficient (Wildman–Crippen LogP) is 2.69. The van der Waals surface area contributed by atoms with Crippen molar-refractivity contribution in [2.75, 3.05) is 45.4 Å². The molecule has 1 aliphatic heterocycles. The van der Waals surface area contributed by atoms with Crippen LogP contribution in [-0.4, -0.2) is 46.6 Å². The number of nitrogens with zero attached hydrogens (tertiary/aromatic N) is 1. The molecule has 1 aromatic rings. The van der Waals surface area contributed by atoms with E-state index in [0.717, 1.165) is 50.8 Å². The molecular formula is C16H25ClN2O2. The van der Waals surface area contributed by atoms with Crippen molar-refractivity contribution in [2.24, 2.45) is 0 Å². The molecule has 0 amide bonds. The molecular weight excluding hydrogens is 288 g/mol. The van der Waals surface area contributed by atoms with Crippen molar-refractivity contribution in [1.82, 2.24) is 5.32 Å². The maximum Gasteiger partial charge on any atom is 0.0587 e. The highest BCUT2D eigenvalue weighted by Crippen LogP contribution is 2.28. The summed E-state index contributed by atoms with van der Waals surface area (Å²) in [5.74, 6) is 0.